The van der Waals surface area contributed by atoms with Gasteiger partial charge in [-0.05, 0) is 52.4 Å². The third-order valence-corrected chi connectivity index (χ3v) is 5.23. The summed E-state index contributed by atoms with van der Waals surface area (Å²) in [5.41, 5.74) is -0.491. The molecule has 1 saturated carbocycles. The zero-order chi connectivity index (χ0) is 22.1. The highest BCUT2D eigenvalue weighted by Crippen LogP contribution is 2.32. The van der Waals surface area contributed by atoms with Gasteiger partial charge in [0, 0.05) is 46.4 Å². The lowest BCUT2D eigenvalue weighted by atomic mass is 10.0. The summed E-state index contributed by atoms with van der Waals surface area (Å²) in [6.45, 7) is 9.21. The Balaban J connectivity index is 1.84. The fraction of sp³-hybridized carbons (Fsp3) is 0.857. The molecule has 0 aromatic heterocycles. The number of ether oxygens (including phenoxy) is 2. The number of nitrogens with zero attached hydrogens (tertiary/aromatic N) is 3. The van der Waals surface area contributed by atoms with E-state index in [1.165, 1.54) is 12.8 Å². The third-order valence-electron chi connectivity index (χ3n) is 5.23. The van der Waals surface area contributed by atoms with E-state index in [4.69, 9.17) is 9.47 Å². The average molecular weight is 426 g/mol. The number of rotatable bonds is 8. The highest BCUT2D eigenvalue weighted by molar-refractivity contribution is 5.86. The Morgan fingerprint density at radius 2 is 1.80 bits per heavy atom. The number of carbonyl (C=O) groups is 2. The first-order valence-electron chi connectivity index (χ1n) is 10.9. The summed E-state index contributed by atoms with van der Waals surface area (Å²) in [4.78, 5) is 33.1. The summed E-state index contributed by atoms with van der Waals surface area (Å²) in [5.74, 6) is 1.23. The molecule has 0 spiro atoms. The molecule has 1 heterocycles. The van der Waals surface area contributed by atoms with Crippen LogP contribution < -0.4 is 10.6 Å². The van der Waals surface area contributed by atoms with Gasteiger partial charge in [-0.3, -0.25) is 9.79 Å². The maximum atomic E-state index is 12.8. The molecule has 172 valence electrons. The quantitative estimate of drug-likeness (QED) is 0.347. The number of hydrogen-bond acceptors (Lipinski definition) is 5. The Kier molecular flexibility index (Phi) is 9.20. The van der Waals surface area contributed by atoms with E-state index in [2.05, 4.69) is 20.5 Å². The Labute approximate surface area is 180 Å². The van der Waals surface area contributed by atoms with Crippen molar-refractivity contribution in [2.24, 2.45) is 10.9 Å². The van der Waals surface area contributed by atoms with Crippen molar-refractivity contribution in [1.29, 1.82) is 0 Å². The predicted octanol–water partition coefficient (Wildman–Crippen LogP) is 1.44. The molecular weight excluding hydrogens is 386 g/mol. The van der Waals surface area contributed by atoms with E-state index >= 15 is 0 Å². The maximum absolute atomic E-state index is 12.8. The third kappa shape index (κ3) is 8.38. The molecule has 0 aromatic carbocycles. The lowest BCUT2D eigenvalue weighted by molar-refractivity contribution is -0.120. The van der Waals surface area contributed by atoms with Crippen LogP contribution in [0.4, 0.5) is 4.79 Å². The van der Waals surface area contributed by atoms with Crippen molar-refractivity contribution >= 4 is 18.0 Å². The van der Waals surface area contributed by atoms with Crippen LogP contribution >= 0.6 is 0 Å². The van der Waals surface area contributed by atoms with Gasteiger partial charge in [-0.2, -0.15) is 0 Å². The molecule has 0 aromatic rings. The molecule has 1 aliphatic heterocycles. The molecular formula is C21H39N5O4. The van der Waals surface area contributed by atoms with Crippen LogP contribution in [0.25, 0.3) is 0 Å². The minimum atomic E-state index is -0.491. The van der Waals surface area contributed by atoms with Gasteiger partial charge in [0.2, 0.25) is 5.91 Å². The second kappa shape index (κ2) is 11.4. The van der Waals surface area contributed by atoms with E-state index in [-0.39, 0.29) is 24.6 Å². The number of amides is 2. The van der Waals surface area contributed by atoms with Crippen molar-refractivity contribution in [3.05, 3.63) is 0 Å². The molecule has 0 bridgehead atoms. The van der Waals surface area contributed by atoms with Crippen molar-refractivity contribution in [3.63, 3.8) is 0 Å². The van der Waals surface area contributed by atoms with Crippen LogP contribution in [0.3, 0.4) is 0 Å². The molecule has 0 radical (unpaired) electrons. The van der Waals surface area contributed by atoms with Crippen LogP contribution in [0.2, 0.25) is 0 Å². The Bertz CT molecular complexity index is 593. The number of nitrogens with one attached hydrogen (secondary N) is 2. The zero-order valence-corrected chi connectivity index (χ0v) is 19.2. The number of carbonyl (C=O) groups excluding carboxylic acids is 2. The van der Waals surface area contributed by atoms with Gasteiger partial charge in [-0.15, -0.1) is 0 Å². The van der Waals surface area contributed by atoms with Gasteiger partial charge < -0.3 is 29.9 Å². The second-order valence-electron chi connectivity index (χ2n) is 9.04. The first-order chi connectivity index (χ1) is 14.2. The van der Waals surface area contributed by atoms with E-state index < -0.39 is 5.60 Å². The Morgan fingerprint density at radius 1 is 1.13 bits per heavy atom. The van der Waals surface area contributed by atoms with Gasteiger partial charge in [0.15, 0.2) is 5.96 Å². The standard InChI is InChI=1S/C21H39N5O4/c1-21(2,3)30-20(28)26(15-16-6-7-16)17-8-11-25(12-9-17)19(22-4)24-14-18(27)23-10-13-29-5/h16-17H,6-15H2,1-5H3,(H,22,24)(H,23,27). The number of piperidine rings is 1. The van der Waals surface area contributed by atoms with Crippen LogP contribution in [0.15, 0.2) is 4.99 Å². The lowest BCUT2D eigenvalue weighted by Crippen LogP contribution is -2.53. The molecule has 9 heteroatoms. The van der Waals surface area contributed by atoms with E-state index in [1.807, 2.05) is 25.7 Å². The van der Waals surface area contributed by atoms with Gasteiger partial charge >= 0.3 is 6.09 Å². The van der Waals surface area contributed by atoms with E-state index in [0.717, 1.165) is 32.5 Å². The minimum absolute atomic E-state index is 0.0939. The maximum Gasteiger partial charge on any atom is 0.410 e. The summed E-state index contributed by atoms with van der Waals surface area (Å²) in [7, 11) is 3.32. The van der Waals surface area contributed by atoms with Gasteiger partial charge in [0.05, 0.1) is 13.2 Å². The van der Waals surface area contributed by atoms with Crippen LogP contribution in [0.5, 0.6) is 0 Å². The monoisotopic (exact) mass is 425 g/mol. The second-order valence-corrected chi connectivity index (χ2v) is 9.04. The largest absolute Gasteiger partial charge is 0.444 e. The molecule has 2 rings (SSSR count). The predicted molar refractivity (Wildman–Crippen MR) is 117 cm³/mol. The van der Waals surface area contributed by atoms with Crippen molar-refractivity contribution in [3.8, 4) is 0 Å². The van der Waals surface area contributed by atoms with Crippen LogP contribution in [-0.2, 0) is 14.3 Å². The average Bonchev–Trinajstić information content (AvgIpc) is 3.50. The Morgan fingerprint density at radius 3 is 2.33 bits per heavy atom. The van der Waals surface area contributed by atoms with Crippen molar-refractivity contribution in [2.75, 3.05) is 53.5 Å². The highest BCUT2D eigenvalue weighted by Gasteiger charge is 2.35. The van der Waals surface area contributed by atoms with Crippen molar-refractivity contribution in [1.82, 2.24) is 20.4 Å². The number of guanidine groups is 1. The topological polar surface area (TPSA) is 95.5 Å². The van der Waals surface area contributed by atoms with Crippen molar-refractivity contribution in [2.45, 2.75) is 58.1 Å². The molecule has 1 aliphatic carbocycles. The summed E-state index contributed by atoms with van der Waals surface area (Å²) in [6, 6.07) is 0.173. The summed E-state index contributed by atoms with van der Waals surface area (Å²) < 4.78 is 10.6. The highest BCUT2D eigenvalue weighted by atomic mass is 16.6. The number of likely N-dealkylation sites (tertiary alicyclic amines) is 1. The fourth-order valence-corrected chi connectivity index (χ4v) is 3.51. The number of methoxy groups -OCH3 is 1. The van der Waals surface area contributed by atoms with Crippen LogP contribution in [-0.4, -0.2) is 92.9 Å². The summed E-state index contributed by atoms with van der Waals surface area (Å²) in [6.07, 6.45) is 3.89. The summed E-state index contributed by atoms with van der Waals surface area (Å²) >= 11 is 0. The first kappa shape index (κ1) is 24.2. The van der Waals surface area contributed by atoms with Gasteiger partial charge in [-0.25, -0.2) is 4.79 Å². The smallest absolute Gasteiger partial charge is 0.410 e. The zero-order valence-electron chi connectivity index (χ0n) is 19.2. The molecule has 0 atom stereocenters. The van der Waals surface area contributed by atoms with Gasteiger partial charge in [-0.1, -0.05) is 0 Å². The van der Waals surface area contributed by atoms with E-state index in [1.54, 1.807) is 14.2 Å². The molecule has 2 aliphatic rings. The van der Waals surface area contributed by atoms with E-state index in [9.17, 15) is 9.59 Å². The number of hydrogen-bond donors (Lipinski definition) is 2. The molecule has 9 nitrogen and oxygen atoms in total. The SMILES string of the molecule is CN=C(NCC(=O)NCCOC)N1CCC(N(CC2CC2)C(=O)OC(C)(C)C)CC1. The number of aliphatic imine (C=N–C) groups is 1. The van der Waals surface area contributed by atoms with Crippen LogP contribution in [0.1, 0.15) is 46.5 Å². The van der Waals surface area contributed by atoms with Crippen molar-refractivity contribution < 1.29 is 19.1 Å². The van der Waals surface area contributed by atoms with E-state index in [0.29, 0.717) is 25.0 Å². The molecule has 2 amide bonds. The van der Waals surface area contributed by atoms with Crippen LogP contribution in [0, 0.1) is 5.92 Å². The molecule has 30 heavy (non-hydrogen) atoms. The molecule has 1 saturated heterocycles. The Hall–Kier alpha value is -2.03. The fourth-order valence-electron chi connectivity index (χ4n) is 3.51. The lowest BCUT2D eigenvalue weighted by Gasteiger charge is -2.40. The molecule has 2 fully saturated rings. The minimum Gasteiger partial charge on any atom is -0.444 e. The van der Waals surface area contributed by atoms with Gasteiger partial charge in [0.25, 0.3) is 0 Å². The summed E-state index contributed by atoms with van der Waals surface area (Å²) in [5, 5.41) is 5.91. The normalized spacial score (nSPS) is 18.2. The van der Waals surface area contributed by atoms with Gasteiger partial charge in [0.1, 0.15) is 5.60 Å². The molecule has 2 N–H and O–H groups in total. The molecule has 0 unspecified atom stereocenters. The first-order valence-corrected chi connectivity index (χ1v) is 10.9.